The molecule has 3 N–H and O–H groups in total. The summed E-state index contributed by atoms with van der Waals surface area (Å²) in [4.78, 5) is 11.9. The van der Waals surface area contributed by atoms with E-state index >= 15 is 0 Å². The molecule has 0 saturated carbocycles. The van der Waals surface area contributed by atoms with E-state index in [4.69, 9.17) is 19.9 Å². The van der Waals surface area contributed by atoms with Crippen LogP contribution in [0, 0.1) is 0 Å². The van der Waals surface area contributed by atoms with Gasteiger partial charge in [0.1, 0.15) is 0 Å². The van der Waals surface area contributed by atoms with E-state index in [1.807, 2.05) is 0 Å². The fourth-order valence-corrected chi connectivity index (χ4v) is 3.52. The predicted octanol–water partition coefficient (Wildman–Crippen LogP) is 5.37. The maximum Gasteiger partial charge on any atom is 0.219 e. The highest BCUT2D eigenvalue weighted by Gasteiger charge is 2.01. The number of hydrogen-bond acceptors (Lipinski definition) is 5. The molecule has 0 aliphatic carbocycles. The molecule has 0 radical (unpaired) electrons. The number of nitrogens with one attached hydrogen (secondary N) is 1. The van der Waals surface area contributed by atoms with Crippen molar-refractivity contribution in [1.29, 1.82) is 0 Å². The maximum absolute atomic E-state index is 11.9. The summed E-state index contributed by atoms with van der Waals surface area (Å²) in [6.07, 6.45) is 19.7. The van der Waals surface area contributed by atoms with Crippen LogP contribution in [0.3, 0.4) is 0 Å². The third-order valence-corrected chi connectivity index (χ3v) is 5.53. The fraction of sp³-hybridized carbons (Fsp3) is 0.962. The Morgan fingerprint density at radius 3 is 1.53 bits per heavy atom. The molecule has 0 aromatic rings. The molecule has 0 aliphatic rings. The largest absolute Gasteiger partial charge is 0.379 e. The first-order chi connectivity index (χ1) is 15.8. The maximum atomic E-state index is 11.9. The average Bonchev–Trinajstić information content (AvgIpc) is 2.80. The summed E-state index contributed by atoms with van der Waals surface area (Å²) in [5, 5.41) is 2.99. The van der Waals surface area contributed by atoms with Crippen LogP contribution in [0.5, 0.6) is 0 Å². The fourth-order valence-electron chi connectivity index (χ4n) is 3.52. The minimum atomic E-state index is 0.172. The second kappa shape index (κ2) is 28.3. The molecule has 0 bridgehead atoms. The van der Waals surface area contributed by atoms with Gasteiger partial charge < -0.3 is 25.3 Å². The van der Waals surface area contributed by atoms with E-state index in [-0.39, 0.29) is 5.91 Å². The summed E-state index contributed by atoms with van der Waals surface area (Å²) < 4.78 is 16.3. The van der Waals surface area contributed by atoms with Crippen LogP contribution in [0.1, 0.15) is 110 Å². The monoisotopic (exact) mass is 458 g/mol. The summed E-state index contributed by atoms with van der Waals surface area (Å²) in [7, 11) is 0. The van der Waals surface area contributed by atoms with Crippen molar-refractivity contribution < 1.29 is 19.0 Å². The number of amides is 1. The Morgan fingerprint density at radius 1 is 0.594 bits per heavy atom. The standard InChI is InChI=1S/C26H54N2O4/c1-2-3-4-5-6-7-8-9-10-11-12-13-14-17-26(29)28-19-16-21-31-23-25-32-24-22-30-20-15-18-27/h2-25,27H2,1H3,(H,28,29). The molecule has 6 nitrogen and oxygen atoms in total. The van der Waals surface area contributed by atoms with Crippen LogP contribution in [0.15, 0.2) is 0 Å². The predicted molar refractivity (Wildman–Crippen MR) is 134 cm³/mol. The molecule has 0 fully saturated rings. The minimum Gasteiger partial charge on any atom is -0.379 e. The SMILES string of the molecule is CCCCCCCCCCCCCCCC(=O)NCCCOCCOCCOCCCN. The first-order valence-corrected chi connectivity index (χ1v) is 13.5. The molecule has 0 heterocycles. The van der Waals surface area contributed by atoms with Gasteiger partial charge in [-0.3, -0.25) is 4.79 Å². The Labute approximate surface area is 198 Å². The zero-order chi connectivity index (χ0) is 23.4. The number of rotatable bonds is 27. The molecule has 0 aromatic carbocycles. The van der Waals surface area contributed by atoms with Gasteiger partial charge in [-0.05, 0) is 25.8 Å². The second-order valence-corrected chi connectivity index (χ2v) is 8.68. The Kier molecular flexibility index (Phi) is 27.7. The average molecular weight is 459 g/mol. The van der Waals surface area contributed by atoms with Crippen molar-refractivity contribution in [2.45, 2.75) is 110 Å². The van der Waals surface area contributed by atoms with Crippen LogP contribution >= 0.6 is 0 Å². The van der Waals surface area contributed by atoms with Gasteiger partial charge in [-0.1, -0.05) is 84.0 Å². The van der Waals surface area contributed by atoms with Gasteiger partial charge in [-0.15, -0.1) is 0 Å². The molecule has 0 spiro atoms. The second-order valence-electron chi connectivity index (χ2n) is 8.68. The zero-order valence-corrected chi connectivity index (χ0v) is 21.2. The summed E-state index contributed by atoms with van der Waals surface area (Å²) in [6, 6.07) is 0. The van der Waals surface area contributed by atoms with Crippen molar-refractivity contribution in [2.75, 3.05) is 52.7 Å². The number of carbonyl (C=O) groups excluding carboxylic acids is 1. The molecule has 0 saturated heterocycles. The lowest BCUT2D eigenvalue weighted by molar-refractivity contribution is -0.121. The van der Waals surface area contributed by atoms with E-state index in [1.165, 1.54) is 77.0 Å². The zero-order valence-electron chi connectivity index (χ0n) is 21.2. The van der Waals surface area contributed by atoms with E-state index < -0.39 is 0 Å². The van der Waals surface area contributed by atoms with Crippen molar-refractivity contribution >= 4 is 5.91 Å². The summed E-state index contributed by atoms with van der Waals surface area (Å²) in [5.74, 6) is 0.172. The number of carbonyl (C=O) groups is 1. The van der Waals surface area contributed by atoms with Crippen molar-refractivity contribution in [3.63, 3.8) is 0 Å². The van der Waals surface area contributed by atoms with Crippen LogP contribution in [0.2, 0.25) is 0 Å². The highest BCUT2D eigenvalue weighted by Crippen LogP contribution is 2.12. The molecule has 6 heteroatoms. The molecular formula is C26H54N2O4. The molecule has 0 aliphatic heterocycles. The van der Waals surface area contributed by atoms with Gasteiger partial charge in [0.15, 0.2) is 0 Å². The van der Waals surface area contributed by atoms with E-state index in [0.717, 1.165) is 19.3 Å². The smallest absolute Gasteiger partial charge is 0.219 e. The lowest BCUT2D eigenvalue weighted by atomic mass is 10.0. The Hall–Kier alpha value is -0.690. The molecule has 0 unspecified atom stereocenters. The van der Waals surface area contributed by atoms with Gasteiger partial charge in [-0.25, -0.2) is 0 Å². The number of nitrogens with two attached hydrogens (primary N) is 1. The van der Waals surface area contributed by atoms with E-state index in [2.05, 4.69) is 12.2 Å². The molecule has 0 rings (SSSR count). The van der Waals surface area contributed by atoms with Gasteiger partial charge in [0.2, 0.25) is 5.91 Å². The lowest BCUT2D eigenvalue weighted by Crippen LogP contribution is -2.25. The van der Waals surface area contributed by atoms with E-state index in [1.54, 1.807) is 0 Å². The van der Waals surface area contributed by atoms with Crippen LogP contribution < -0.4 is 11.1 Å². The number of unbranched alkanes of at least 4 members (excludes halogenated alkanes) is 12. The Bertz CT molecular complexity index is 338. The summed E-state index contributed by atoms with van der Waals surface area (Å²) >= 11 is 0. The van der Waals surface area contributed by atoms with Gasteiger partial charge in [0, 0.05) is 26.2 Å². The molecule has 0 aromatic heterocycles. The highest BCUT2D eigenvalue weighted by molar-refractivity contribution is 5.75. The van der Waals surface area contributed by atoms with Crippen molar-refractivity contribution in [2.24, 2.45) is 5.73 Å². The van der Waals surface area contributed by atoms with Gasteiger partial charge in [0.05, 0.1) is 26.4 Å². The summed E-state index contributed by atoms with van der Waals surface area (Å²) in [5.41, 5.74) is 5.39. The topological polar surface area (TPSA) is 82.8 Å². The normalized spacial score (nSPS) is 11.2. The van der Waals surface area contributed by atoms with Gasteiger partial charge in [0.25, 0.3) is 0 Å². The quantitative estimate of drug-likeness (QED) is 0.162. The van der Waals surface area contributed by atoms with Crippen LogP contribution in [0.4, 0.5) is 0 Å². The van der Waals surface area contributed by atoms with Crippen molar-refractivity contribution in [3.8, 4) is 0 Å². The van der Waals surface area contributed by atoms with E-state index in [9.17, 15) is 4.79 Å². The molecule has 1 amide bonds. The Morgan fingerprint density at radius 2 is 1.03 bits per heavy atom. The molecule has 0 atom stereocenters. The van der Waals surface area contributed by atoms with Crippen LogP contribution in [-0.4, -0.2) is 58.6 Å². The third-order valence-electron chi connectivity index (χ3n) is 5.53. The highest BCUT2D eigenvalue weighted by atomic mass is 16.5. The first kappa shape index (κ1) is 31.3. The summed E-state index contributed by atoms with van der Waals surface area (Å²) in [6.45, 7) is 7.31. The molecule has 32 heavy (non-hydrogen) atoms. The van der Waals surface area contributed by atoms with Crippen LogP contribution in [-0.2, 0) is 19.0 Å². The molecular weight excluding hydrogens is 404 g/mol. The number of hydrogen-bond donors (Lipinski definition) is 2. The number of ether oxygens (including phenoxy) is 3. The van der Waals surface area contributed by atoms with Crippen molar-refractivity contribution in [3.05, 3.63) is 0 Å². The van der Waals surface area contributed by atoms with Gasteiger partial charge >= 0.3 is 0 Å². The first-order valence-electron chi connectivity index (χ1n) is 13.5. The van der Waals surface area contributed by atoms with Crippen LogP contribution in [0.25, 0.3) is 0 Å². The lowest BCUT2D eigenvalue weighted by Gasteiger charge is -2.07. The Balaban J connectivity index is 3.14. The molecule has 192 valence electrons. The van der Waals surface area contributed by atoms with Gasteiger partial charge in [-0.2, -0.15) is 0 Å². The third kappa shape index (κ3) is 27.3. The van der Waals surface area contributed by atoms with Crippen molar-refractivity contribution in [1.82, 2.24) is 5.32 Å². The van der Waals surface area contributed by atoms with E-state index in [0.29, 0.717) is 59.2 Å². The minimum absolute atomic E-state index is 0.172.